The molecule has 3 aromatic rings. The Balaban J connectivity index is 1.51. The van der Waals surface area contributed by atoms with Gasteiger partial charge in [0.1, 0.15) is 11.3 Å². The van der Waals surface area contributed by atoms with Gasteiger partial charge in [0.25, 0.3) is 0 Å². The predicted octanol–water partition coefficient (Wildman–Crippen LogP) is 7.26. The van der Waals surface area contributed by atoms with Gasteiger partial charge in [0.2, 0.25) is 0 Å². The van der Waals surface area contributed by atoms with Crippen molar-refractivity contribution >= 4 is 28.7 Å². The van der Waals surface area contributed by atoms with E-state index < -0.39 is 49.7 Å². The van der Waals surface area contributed by atoms with Crippen LogP contribution in [0.1, 0.15) is 19.8 Å². The zero-order valence-electron chi connectivity index (χ0n) is 19.3. The summed E-state index contributed by atoms with van der Waals surface area (Å²) >= 11 is 0.901. The van der Waals surface area contributed by atoms with Gasteiger partial charge in [-0.05, 0) is 43.3 Å². The first-order valence-corrected chi connectivity index (χ1v) is 11.7. The Morgan fingerprint density at radius 2 is 1.76 bits per heavy atom. The Labute approximate surface area is 211 Å². The molecule has 2 heterocycles. The van der Waals surface area contributed by atoms with Crippen LogP contribution in [-0.4, -0.2) is 41.8 Å². The summed E-state index contributed by atoms with van der Waals surface area (Å²) in [7, 11) is 0. The highest BCUT2D eigenvalue weighted by Gasteiger charge is 2.51. The molecule has 0 fully saturated rings. The topological polar surface area (TPSA) is 70.8 Å². The average molecular weight is 549 g/mol. The van der Waals surface area contributed by atoms with Gasteiger partial charge >= 0.3 is 24.5 Å². The number of carbonyl (C=O) groups is 1. The van der Waals surface area contributed by atoms with Crippen molar-refractivity contribution in [1.82, 2.24) is 4.98 Å². The number of aromatic nitrogens is 1. The van der Waals surface area contributed by atoms with Gasteiger partial charge in [-0.3, -0.25) is 4.98 Å². The molecule has 0 radical (unpaired) electrons. The summed E-state index contributed by atoms with van der Waals surface area (Å²) in [5, 5.41) is 0.754. The van der Waals surface area contributed by atoms with Gasteiger partial charge in [-0.15, -0.1) is 20.5 Å². The molecule has 13 heteroatoms. The second kappa shape index (κ2) is 11.6. The summed E-state index contributed by atoms with van der Waals surface area (Å²) in [5.41, 5.74) is 1.11. The highest BCUT2D eigenvalue weighted by molar-refractivity contribution is 7.99. The fraction of sp³-hybridized carbons (Fsp3) is 0.333. The summed E-state index contributed by atoms with van der Waals surface area (Å²) in [6.07, 6.45) is -13.9. The van der Waals surface area contributed by atoms with Crippen LogP contribution in [0.2, 0.25) is 0 Å². The Bertz CT molecular complexity index is 1230. The predicted molar refractivity (Wildman–Crippen MR) is 122 cm³/mol. The number of hydrogen-bond acceptors (Lipinski definition) is 7. The molecule has 0 bridgehead atoms. The van der Waals surface area contributed by atoms with Crippen LogP contribution in [0.3, 0.4) is 0 Å². The number of halogens is 6. The van der Waals surface area contributed by atoms with Crippen LogP contribution >= 0.6 is 11.8 Å². The van der Waals surface area contributed by atoms with Gasteiger partial charge in [0.15, 0.2) is 0 Å². The third-order valence-corrected chi connectivity index (χ3v) is 5.61. The van der Waals surface area contributed by atoms with Crippen molar-refractivity contribution < 1.29 is 49.8 Å². The summed E-state index contributed by atoms with van der Waals surface area (Å²) in [5.74, 6) is -0.862. The first-order chi connectivity index (χ1) is 17.3. The smallest absolute Gasteiger partial charge is 0.462 e. The Kier molecular flexibility index (Phi) is 8.92. The molecular weight excluding hydrogens is 528 g/mol. The van der Waals surface area contributed by atoms with Gasteiger partial charge in [-0.1, -0.05) is 6.58 Å². The summed E-state index contributed by atoms with van der Waals surface area (Å²) in [6, 6.07) is 10.3. The highest BCUT2D eigenvalue weighted by atomic mass is 32.2. The van der Waals surface area contributed by atoms with Gasteiger partial charge < -0.3 is 9.15 Å². The molecule has 0 unspecified atom stereocenters. The Morgan fingerprint density at radius 3 is 2.41 bits per heavy atom. The molecule has 0 aliphatic carbocycles. The van der Waals surface area contributed by atoms with Crippen molar-refractivity contribution in [1.29, 1.82) is 0 Å². The van der Waals surface area contributed by atoms with E-state index in [4.69, 9.17) is 4.42 Å². The third kappa shape index (κ3) is 8.79. The van der Waals surface area contributed by atoms with E-state index in [0.717, 1.165) is 22.7 Å². The SMILES string of the molecule is C=C(C)C(=O)OCCC(F)(F)OC(F)(F)OC(F)(F)CCSc1ccc2cc(-c3cccnc3)oc2c1. The van der Waals surface area contributed by atoms with E-state index in [2.05, 4.69) is 25.8 Å². The molecule has 1 aromatic carbocycles. The number of hydrogen-bond donors (Lipinski definition) is 0. The number of benzene rings is 1. The molecule has 6 nitrogen and oxygen atoms in total. The van der Waals surface area contributed by atoms with Gasteiger partial charge in [-0.2, -0.15) is 17.6 Å². The van der Waals surface area contributed by atoms with Crippen LogP contribution in [0.25, 0.3) is 22.3 Å². The van der Waals surface area contributed by atoms with E-state index in [9.17, 15) is 31.1 Å². The molecule has 0 spiro atoms. The molecule has 200 valence electrons. The zero-order valence-corrected chi connectivity index (χ0v) is 20.1. The highest BCUT2D eigenvalue weighted by Crippen LogP contribution is 2.37. The summed E-state index contributed by atoms with van der Waals surface area (Å²) < 4.78 is 98.9. The van der Waals surface area contributed by atoms with Crippen molar-refractivity contribution in [3.8, 4) is 11.3 Å². The maximum absolute atomic E-state index is 13.9. The van der Waals surface area contributed by atoms with E-state index in [-0.39, 0.29) is 5.57 Å². The molecular formula is C24H21F6NO5S. The lowest BCUT2D eigenvalue weighted by Gasteiger charge is -2.26. The second-order valence-electron chi connectivity index (χ2n) is 7.76. The fourth-order valence-corrected chi connectivity index (χ4v) is 3.83. The van der Waals surface area contributed by atoms with E-state index in [1.54, 1.807) is 48.8 Å². The number of esters is 1. The maximum Gasteiger partial charge on any atom is 0.494 e. The molecule has 0 atom stereocenters. The van der Waals surface area contributed by atoms with Crippen LogP contribution in [-0.2, 0) is 19.0 Å². The lowest BCUT2D eigenvalue weighted by Crippen LogP contribution is -2.41. The molecule has 0 saturated carbocycles. The number of pyridine rings is 1. The first kappa shape index (κ1) is 28.5. The van der Waals surface area contributed by atoms with Crippen molar-refractivity contribution in [2.75, 3.05) is 12.4 Å². The van der Waals surface area contributed by atoms with E-state index in [0.29, 0.717) is 16.2 Å². The third-order valence-electron chi connectivity index (χ3n) is 4.61. The molecule has 0 amide bonds. The maximum atomic E-state index is 13.9. The van der Waals surface area contributed by atoms with Crippen LogP contribution < -0.4 is 0 Å². The number of nitrogens with zero attached hydrogens (tertiary/aromatic N) is 1. The van der Waals surface area contributed by atoms with Crippen LogP contribution in [0, 0.1) is 0 Å². The first-order valence-electron chi connectivity index (χ1n) is 10.7. The average Bonchev–Trinajstić information content (AvgIpc) is 3.21. The van der Waals surface area contributed by atoms with E-state index in [1.165, 1.54) is 6.92 Å². The summed E-state index contributed by atoms with van der Waals surface area (Å²) in [6.45, 7) is 3.45. The molecule has 0 aliphatic heterocycles. The molecule has 0 saturated heterocycles. The standard InChI is InChI=1S/C24H21F6NO5S/c1-15(2)21(32)33-10-7-22(25,26)35-24(29,30)36-23(27,28)8-11-37-18-6-5-16-12-19(34-20(16)13-18)17-4-3-9-31-14-17/h3-6,9,12-14H,1,7-8,10-11H2,2H3. The molecule has 2 aromatic heterocycles. The minimum Gasteiger partial charge on any atom is -0.462 e. The second-order valence-corrected chi connectivity index (χ2v) is 8.93. The van der Waals surface area contributed by atoms with Crippen LogP contribution in [0.5, 0.6) is 0 Å². The van der Waals surface area contributed by atoms with Gasteiger partial charge in [0.05, 0.1) is 13.0 Å². The normalized spacial score (nSPS) is 12.6. The van der Waals surface area contributed by atoms with Crippen LogP contribution in [0.4, 0.5) is 26.3 Å². The number of furan rings is 1. The summed E-state index contributed by atoms with van der Waals surface area (Å²) in [4.78, 5) is 15.7. The molecule has 0 N–H and O–H groups in total. The fourth-order valence-electron chi connectivity index (χ4n) is 2.90. The largest absolute Gasteiger partial charge is 0.494 e. The van der Waals surface area contributed by atoms with Crippen molar-refractivity contribution in [2.24, 2.45) is 0 Å². The minimum absolute atomic E-state index is 0.103. The van der Waals surface area contributed by atoms with Crippen molar-refractivity contribution in [3.05, 3.63) is 60.9 Å². The number of carbonyl (C=O) groups excluding carboxylic acids is 1. The van der Waals surface area contributed by atoms with Crippen molar-refractivity contribution in [2.45, 2.75) is 43.2 Å². The van der Waals surface area contributed by atoms with Gasteiger partial charge in [0, 0.05) is 46.0 Å². The van der Waals surface area contributed by atoms with Crippen LogP contribution in [0.15, 0.2) is 70.3 Å². The Morgan fingerprint density at radius 1 is 1.05 bits per heavy atom. The minimum atomic E-state index is -5.31. The monoisotopic (exact) mass is 549 g/mol. The van der Waals surface area contributed by atoms with Crippen molar-refractivity contribution in [3.63, 3.8) is 0 Å². The molecule has 0 aliphatic rings. The zero-order chi connectivity index (χ0) is 27.3. The number of rotatable bonds is 13. The number of thioether (sulfide) groups is 1. The van der Waals surface area contributed by atoms with E-state index in [1.807, 2.05) is 0 Å². The number of fused-ring (bicyclic) bond motifs is 1. The quantitative estimate of drug-likeness (QED) is 0.0731. The number of ether oxygens (including phenoxy) is 3. The lowest BCUT2D eigenvalue weighted by molar-refractivity contribution is -0.514. The Hall–Kier alpha value is -3.03. The molecule has 3 rings (SSSR count). The lowest BCUT2D eigenvalue weighted by atomic mass is 10.2. The van der Waals surface area contributed by atoms with Gasteiger partial charge in [-0.25, -0.2) is 14.3 Å². The van der Waals surface area contributed by atoms with E-state index >= 15 is 0 Å². The molecule has 37 heavy (non-hydrogen) atoms. The number of alkyl halides is 6.